The van der Waals surface area contributed by atoms with Crippen LogP contribution in [-0.4, -0.2) is 29.6 Å². The summed E-state index contributed by atoms with van der Waals surface area (Å²) in [6.07, 6.45) is 2.75. The Morgan fingerprint density at radius 1 is 1.14 bits per heavy atom. The second-order valence-electron chi connectivity index (χ2n) is 5.23. The first-order valence-electron chi connectivity index (χ1n) is 5.70. The first kappa shape index (κ1) is 14.1. The molecule has 0 aromatic heterocycles. The third-order valence-corrected chi connectivity index (χ3v) is 6.22. The van der Waals surface area contributed by atoms with Crippen molar-refractivity contribution < 1.29 is 10.2 Å². The molecular weight excluding hydrogens is 192 g/mol. The lowest BCUT2D eigenvalue weighted by molar-refractivity contribution is -0.0318. The van der Waals surface area contributed by atoms with Crippen molar-refractivity contribution in [3.8, 4) is 0 Å². The van der Waals surface area contributed by atoms with Gasteiger partial charge in [-0.15, -0.1) is 0 Å². The standard InChI is InChI=1S/C11H26O2Si/c1-6-8-10(12)11(13,9-7-2)14(3,4)5/h10,12-13H,6-9H2,1-5H3/t10-,11-/m1/s1. The molecule has 14 heavy (non-hydrogen) atoms. The van der Waals surface area contributed by atoms with Crippen molar-refractivity contribution in [1.82, 2.24) is 0 Å². The molecule has 0 aromatic carbocycles. The minimum absolute atomic E-state index is 0.542. The van der Waals surface area contributed by atoms with Crippen molar-refractivity contribution in [3.05, 3.63) is 0 Å². The van der Waals surface area contributed by atoms with Crippen LogP contribution >= 0.6 is 0 Å². The Labute approximate surface area is 89.4 Å². The van der Waals surface area contributed by atoms with E-state index >= 15 is 0 Å². The van der Waals surface area contributed by atoms with Gasteiger partial charge >= 0.3 is 0 Å². The van der Waals surface area contributed by atoms with Gasteiger partial charge in [0.15, 0.2) is 0 Å². The molecule has 0 saturated carbocycles. The van der Waals surface area contributed by atoms with Gasteiger partial charge in [-0.25, -0.2) is 0 Å². The van der Waals surface area contributed by atoms with Gasteiger partial charge in [-0.05, 0) is 12.8 Å². The maximum absolute atomic E-state index is 10.6. The van der Waals surface area contributed by atoms with Gasteiger partial charge < -0.3 is 10.2 Å². The number of aliphatic hydroxyl groups is 2. The van der Waals surface area contributed by atoms with Gasteiger partial charge in [0.25, 0.3) is 0 Å². The molecule has 0 saturated heterocycles. The molecule has 0 aliphatic carbocycles. The molecule has 0 rings (SSSR count). The summed E-state index contributed by atoms with van der Waals surface area (Å²) in [5.41, 5.74) is 0. The van der Waals surface area contributed by atoms with Crippen LogP contribution in [0.2, 0.25) is 19.6 Å². The van der Waals surface area contributed by atoms with Crippen molar-refractivity contribution in [2.24, 2.45) is 0 Å². The van der Waals surface area contributed by atoms with Crippen LogP contribution in [0.1, 0.15) is 39.5 Å². The van der Waals surface area contributed by atoms with Gasteiger partial charge in [-0.1, -0.05) is 46.3 Å². The van der Waals surface area contributed by atoms with Crippen LogP contribution < -0.4 is 0 Å². The fraction of sp³-hybridized carbons (Fsp3) is 1.00. The third-order valence-electron chi connectivity index (χ3n) is 3.04. The Bertz CT molecular complexity index is 165. The molecule has 0 aliphatic heterocycles. The Hall–Kier alpha value is 0.137. The maximum Gasteiger partial charge on any atom is 0.0854 e. The molecular formula is C11H26O2Si. The maximum atomic E-state index is 10.6. The number of aliphatic hydroxyl groups excluding tert-OH is 1. The first-order chi connectivity index (χ1) is 6.29. The molecule has 3 heteroatoms. The highest BCUT2D eigenvalue weighted by molar-refractivity contribution is 6.79. The lowest BCUT2D eigenvalue weighted by Crippen LogP contribution is -2.59. The Balaban J connectivity index is 4.70. The highest BCUT2D eigenvalue weighted by Gasteiger charge is 2.45. The van der Waals surface area contributed by atoms with Crippen LogP contribution in [0, 0.1) is 0 Å². The van der Waals surface area contributed by atoms with Crippen LogP contribution in [0.25, 0.3) is 0 Å². The molecule has 0 unspecified atom stereocenters. The Kier molecular flexibility index (Phi) is 5.34. The summed E-state index contributed by atoms with van der Waals surface area (Å²) in [5, 5.41) is 19.8. The van der Waals surface area contributed by atoms with E-state index in [1.807, 2.05) is 6.92 Å². The largest absolute Gasteiger partial charge is 0.391 e. The summed E-state index contributed by atoms with van der Waals surface area (Å²) in [5.74, 6) is 0. The molecule has 0 aliphatic rings. The molecule has 2 atom stereocenters. The fourth-order valence-corrected chi connectivity index (χ4v) is 4.08. The van der Waals surface area contributed by atoms with Crippen LogP contribution in [0.4, 0.5) is 0 Å². The number of hydrogen-bond donors (Lipinski definition) is 2. The van der Waals surface area contributed by atoms with E-state index in [1.54, 1.807) is 0 Å². The average Bonchev–Trinajstić information content (AvgIpc) is 2.03. The van der Waals surface area contributed by atoms with Gasteiger partial charge in [0.2, 0.25) is 0 Å². The van der Waals surface area contributed by atoms with E-state index in [0.717, 1.165) is 19.3 Å². The van der Waals surface area contributed by atoms with E-state index < -0.39 is 19.4 Å². The summed E-state index contributed by atoms with van der Waals surface area (Å²) < 4.78 is 0. The summed E-state index contributed by atoms with van der Waals surface area (Å²) in [6.45, 7) is 10.5. The van der Waals surface area contributed by atoms with Crippen molar-refractivity contribution in [1.29, 1.82) is 0 Å². The van der Waals surface area contributed by atoms with Crippen molar-refractivity contribution in [2.75, 3.05) is 0 Å². The van der Waals surface area contributed by atoms with E-state index in [-0.39, 0.29) is 0 Å². The van der Waals surface area contributed by atoms with E-state index in [4.69, 9.17) is 0 Å². The van der Waals surface area contributed by atoms with Crippen LogP contribution in [0.15, 0.2) is 0 Å². The molecule has 0 heterocycles. The zero-order chi connectivity index (χ0) is 11.4. The number of rotatable bonds is 6. The molecule has 0 spiro atoms. The van der Waals surface area contributed by atoms with Crippen LogP contribution in [-0.2, 0) is 0 Å². The van der Waals surface area contributed by atoms with E-state index in [2.05, 4.69) is 26.6 Å². The second-order valence-corrected chi connectivity index (χ2v) is 10.6. The predicted molar refractivity (Wildman–Crippen MR) is 64.1 cm³/mol. The van der Waals surface area contributed by atoms with Crippen LogP contribution in [0.5, 0.6) is 0 Å². The minimum atomic E-state index is -1.73. The monoisotopic (exact) mass is 218 g/mol. The van der Waals surface area contributed by atoms with E-state index in [1.165, 1.54) is 0 Å². The molecule has 0 amide bonds. The predicted octanol–water partition coefficient (Wildman–Crippen LogP) is 2.56. The number of hydrogen-bond acceptors (Lipinski definition) is 2. The third kappa shape index (κ3) is 3.07. The molecule has 2 nitrogen and oxygen atoms in total. The lowest BCUT2D eigenvalue weighted by Gasteiger charge is -2.42. The molecule has 0 fully saturated rings. The Morgan fingerprint density at radius 2 is 1.64 bits per heavy atom. The van der Waals surface area contributed by atoms with Gasteiger partial charge in [0, 0.05) is 0 Å². The van der Waals surface area contributed by atoms with Gasteiger partial charge in [-0.3, -0.25) is 0 Å². The highest BCUT2D eigenvalue weighted by atomic mass is 28.3. The SMILES string of the molecule is CCC[C@@H](O)[C@@](O)(CCC)[Si](C)(C)C. The normalized spacial score (nSPS) is 19.1. The second kappa shape index (κ2) is 5.28. The van der Waals surface area contributed by atoms with Crippen molar-refractivity contribution in [2.45, 2.75) is 70.5 Å². The smallest absolute Gasteiger partial charge is 0.0854 e. The topological polar surface area (TPSA) is 40.5 Å². The average molecular weight is 218 g/mol. The zero-order valence-electron chi connectivity index (χ0n) is 10.3. The highest BCUT2D eigenvalue weighted by Crippen LogP contribution is 2.31. The minimum Gasteiger partial charge on any atom is -0.391 e. The summed E-state index contributed by atoms with van der Waals surface area (Å²) in [7, 11) is -1.73. The van der Waals surface area contributed by atoms with Crippen molar-refractivity contribution >= 4 is 8.07 Å². The molecule has 2 N–H and O–H groups in total. The van der Waals surface area contributed by atoms with Gasteiger partial charge in [0.05, 0.1) is 19.4 Å². The van der Waals surface area contributed by atoms with E-state index in [0.29, 0.717) is 6.42 Å². The summed E-state index contributed by atoms with van der Waals surface area (Å²) in [4.78, 5) is 0. The first-order valence-corrected chi connectivity index (χ1v) is 9.20. The Morgan fingerprint density at radius 3 is 1.93 bits per heavy atom. The molecule has 0 aromatic rings. The lowest BCUT2D eigenvalue weighted by atomic mass is 10.0. The molecule has 0 bridgehead atoms. The van der Waals surface area contributed by atoms with Crippen molar-refractivity contribution in [3.63, 3.8) is 0 Å². The fourth-order valence-electron chi connectivity index (χ4n) is 1.93. The van der Waals surface area contributed by atoms with Crippen LogP contribution in [0.3, 0.4) is 0 Å². The quantitative estimate of drug-likeness (QED) is 0.673. The van der Waals surface area contributed by atoms with Gasteiger partial charge in [-0.2, -0.15) is 0 Å². The summed E-state index contributed by atoms with van der Waals surface area (Å²) >= 11 is 0. The van der Waals surface area contributed by atoms with E-state index in [9.17, 15) is 10.2 Å². The van der Waals surface area contributed by atoms with Gasteiger partial charge in [0.1, 0.15) is 0 Å². The molecule has 86 valence electrons. The zero-order valence-corrected chi connectivity index (χ0v) is 11.3. The summed E-state index contributed by atoms with van der Waals surface area (Å²) in [6, 6.07) is 0. The molecule has 0 radical (unpaired) electrons.